The van der Waals surface area contributed by atoms with Crippen LogP contribution in [-0.4, -0.2) is 29.1 Å². The van der Waals surface area contributed by atoms with Gasteiger partial charge < -0.3 is 4.74 Å². The highest BCUT2D eigenvalue weighted by Crippen LogP contribution is 2.48. The lowest BCUT2D eigenvalue weighted by atomic mass is 10.4. The largest absolute Gasteiger partial charge is 0.458 e. The van der Waals surface area contributed by atoms with E-state index < -0.39 is 20.6 Å². The Kier molecular flexibility index (Phi) is 4.95. The highest BCUT2D eigenvalue weighted by molar-refractivity contribution is 7.94. The number of hydrogen-bond donors (Lipinski definition) is 0. The van der Waals surface area contributed by atoms with Gasteiger partial charge in [0.1, 0.15) is 11.6 Å². The number of esters is 1. The summed E-state index contributed by atoms with van der Waals surface area (Å²) < 4.78 is 29.6. The van der Waals surface area contributed by atoms with Crippen LogP contribution in [0.5, 0.6) is 0 Å². The Morgan fingerprint density at radius 2 is 1.93 bits per heavy atom. The van der Waals surface area contributed by atoms with Gasteiger partial charge in [-0.2, -0.15) is 0 Å². The maximum atomic E-state index is 12.9. The third-order valence-electron chi connectivity index (χ3n) is 4.50. The van der Waals surface area contributed by atoms with Crippen LogP contribution >= 0.6 is 22.9 Å². The van der Waals surface area contributed by atoms with Crippen LogP contribution in [-0.2, 0) is 26.0 Å². The van der Waals surface area contributed by atoms with Crippen molar-refractivity contribution in [3.63, 3.8) is 0 Å². The minimum Gasteiger partial charge on any atom is -0.458 e. The lowest BCUT2D eigenvalue weighted by Crippen LogP contribution is -2.34. The summed E-state index contributed by atoms with van der Waals surface area (Å²) in [5.74, 6) is -0.741. The molecule has 6 nitrogen and oxygen atoms in total. The van der Waals surface area contributed by atoms with E-state index in [1.54, 1.807) is 11.6 Å². The average Bonchev–Trinajstić information content (AvgIpc) is 3.40. The Morgan fingerprint density at radius 1 is 1.18 bits per heavy atom. The number of thiazole rings is 1. The van der Waals surface area contributed by atoms with E-state index in [1.165, 1.54) is 35.6 Å². The van der Waals surface area contributed by atoms with Gasteiger partial charge >= 0.3 is 5.97 Å². The molecule has 0 unspecified atom stereocenters. The summed E-state index contributed by atoms with van der Waals surface area (Å²) in [6.07, 6.45) is 2.16. The number of carbonyl (C=O) groups excluding carboxylic acids is 1. The van der Waals surface area contributed by atoms with Crippen LogP contribution in [0, 0.1) is 0 Å². The zero-order chi connectivity index (χ0) is 19.8. The predicted molar refractivity (Wildman–Crippen MR) is 106 cm³/mol. The fourth-order valence-corrected chi connectivity index (χ4v) is 5.56. The van der Waals surface area contributed by atoms with Gasteiger partial charge in [0.2, 0.25) is 0 Å². The summed E-state index contributed by atoms with van der Waals surface area (Å²) >= 11 is 7.21. The maximum Gasteiger partial charge on any atom is 0.328 e. The Hall–Kier alpha value is -2.29. The van der Waals surface area contributed by atoms with E-state index in [-0.39, 0.29) is 24.3 Å². The summed E-state index contributed by atoms with van der Waals surface area (Å²) in [6.45, 7) is -0.0833. The van der Waals surface area contributed by atoms with Crippen LogP contribution in [0.25, 0.3) is 10.7 Å². The summed E-state index contributed by atoms with van der Waals surface area (Å²) in [4.78, 5) is 21.3. The number of sulfone groups is 1. The van der Waals surface area contributed by atoms with Crippen molar-refractivity contribution in [1.82, 2.24) is 9.97 Å². The topological polar surface area (TPSA) is 86.2 Å². The van der Waals surface area contributed by atoms with Crippen molar-refractivity contribution in [3.05, 3.63) is 64.8 Å². The fourth-order valence-electron chi connectivity index (χ4n) is 2.79. The van der Waals surface area contributed by atoms with E-state index in [4.69, 9.17) is 16.3 Å². The molecule has 1 aromatic carbocycles. The molecule has 1 aliphatic carbocycles. The molecule has 0 radical (unpaired) electrons. The van der Waals surface area contributed by atoms with Crippen molar-refractivity contribution in [2.45, 2.75) is 29.1 Å². The van der Waals surface area contributed by atoms with E-state index in [2.05, 4.69) is 9.97 Å². The molecular weight excluding hydrogens is 420 g/mol. The molecule has 28 heavy (non-hydrogen) atoms. The first-order chi connectivity index (χ1) is 13.4. The van der Waals surface area contributed by atoms with Gasteiger partial charge in [0, 0.05) is 16.6 Å². The van der Waals surface area contributed by atoms with Gasteiger partial charge in [-0.05, 0) is 49.2 Å². The molecule has 0 saturated heterocycles. The van der Waals surface area contributed by atoms with Gasteiger partial charge in [-0.3, -0.25) is 9.78 Å². The Bertz CT molecular complexity index is 1110. The van der Waals surface area contributed by atoms with Crippen molar-refractivity contribution >= 4 is 38.7 Å². The van der Waals surface area contributed by atoms with Crippen molar-refractivity contribution in [3.8, 4) is 10.7 Å². The fraction of sp³-hybridized carbons (Fsp3) is 0.211. The standard InChI is InChI=1S/C19H15ClN2O4S2/c20-13-4-6-15(7-5-13)28(24,25)19(8-9-19)18(23)26-11-14-12-27-17(22-14)16-3-1-2-10-21-16/h1-7,10,12H,8-9,11H2. The van der Waals surface area contributed by atoms with Crippen LogP contribution in [0.3, 0.4) is 0 Å². The monoisotopic (exact) mass is 434 g/mol. The number of hydrogen-bond acceptors (Lipinski definition) is 7. The zero-order valence-electron chi connectivity index (χ0n) is 14.5. The summed E-state index contributed by atoms with van der Waals surface area (Å²) in [5.41, 5.74) is 1.28. The summed E-state index contributed by atoms with van der Waals surface area (Å²) in [6, 6.07) is 11.3. The Balaban J connectivity index is 1.47. The number of benzene rings is 1. The van der Waals surface area contributed by atoms with E-state index in [0.717, 1.165) is 5.69 Å². The van der Waals surface area contributed by atoms with Gasteiger partial charge in [-0.25, -0.2) is 13.4 Å². The van der Waals surface area contributed by atoms with Crippen molar-refractivity contribution in [2.24, 2.45) is 0 Å². The molecule has 0 aliphatic heterocycles. The number of nitrogens with zero attached hydrogens (tertiary/aromatic N) is 2. The number of rotatable bonds is 6. The maximum absolute atomic E-state index is 12.9. The second-order valence-corrected chi connectivity index (χ2v) is 9.94. The molecular formula is C19H15ClN2O4S2. The first-order valence-electron chi connectivity index (χ1n) is 8.46. The lowest BCUT2D eigenvalue weighted by molar-refractivity contribution is -0.145. The zero-order valence-corrected chi connectivity index (χ0v) is 16.9. The molecule has 9 heteroatoms. The smallest absolute Gasteiger partial charge is 0.328 e. The second-order valence-electron chi connectivity index (χ2n) is 6.39. The molecule has 0 spiro atoms. The van der Waals surface area contributed by atoms with Gasteiger partial charge in [0.05, 0.1) is 16.3 Å². The van der Waals surface area contributed by atoms with E-state index in [9.17, 15) is 13.2 Å². The average molecular weight is 435 g/mol. The Labute approximate surface area is 171 Å². The minimum atomic E-state index is -3.85. The molecule has 1 saturated carbocycles. The second kappa shape index (κ2) is 7.27. The van der Waals surface area contributed by atoms with Crippen molar-refractivity contribution < 1.29 is 17.9 Å². The number of halogens is 1. The summed E-state index contributed by atoms with van der Waals surface area (Å²) in [5, 5.41) is 2.91. The van der Waals surface area contributed by atoms with Crippen LogP contribution in [0.1, 0.15) is 18.5 Å². The molecule has 0 N–H and O–H groups in total. The highest BCUT2D eigenvalue weighted by Gasteiger charge is 2.62. The first-order valence-corrected chi connectivity index (χ1v) is 11.2. The van der Waals surface area contributed by atoms with E-state index in [1.807, 2.05) is 18.2 Å². The number of ether oxygens (including phenoxy) is 1. The molecule has 144 valence electrons. The summed E-state index contributed by atoms with van der Waals surface area (Å²) in [7, 11) is -3.85. The first kappa shape index (κ1) is 19.0. The third kappa shape index (κ3) is 3.43. The van der Waals surface area contributed by atoms with E-state index in [0.29, 0.717) is 15.7 Å². The normalized spacial score (nSPS) is 15.2. The molecule has 4 rings (SSSR count). The minimum absolute atomic E-state index is 0.0671. The number of carbonyl (C=O) groups is 1. The molecule has 0 bridgehead atoms. The highest BCUT2D eigenvalue weighted by atomic mass is 35.5. The van der Waals surface area contributed by atoms with Gasteiger partial charge in [-0.15, -0.1) is 11.3 Å². The quantitative estimate of drug-likeness (QED) is 0.547. The van der Waals surface area contributed by atoms with Crippen LogP contribution < -0.4 is 0 Å². The lowest BCUT2D eigenvalue weighted by Gasteiger charge is -2.15. The predicted octanol–water partition coefficient (Wildman–Crippen LogP) is 3.91. The van der Waals surface area contributed by atoms with Crippen LogP contribution in [0.15, 0.2) is 58.9 Å². The van der Waals surface area contributed by atoms with E-state index >= 15 is 0 Å². The van der Waals surface area contributed by atoms with Gasteiger partial charge in [0.25, 0.3) is 0 Å². The molecule has 2 aromatic heterocycles. The van der Waals surface area contributed by atoms with Gasteiger partial charge in [-0.1, -0.05) is 17.7 Å². The molecule has 0 atom stereocenters. The molecule has 1 aliphatic rings. The SMILES string of the molecule is O=C(OCc1csc(-c2ccccn2)n1)C1(S(=O)(=O)c2ccc(Cl)cc2)CC1. The van der Waals surface area contributed by atoms with Gasteiger partial charge in [0.15, 0.2) is 14.6 Å². The molecule has 2 heterocycles. The van der Waals surface area contributed by atoms with Crippen molar-refractivity contribution in [1.29, 1.82) is 0 Å². The Morgan fingerprint density at radius 3 is 2.57 bits per heavy atom. The number of aromatic nitrogens is 2. The molecule has 0 amide bonds. The molecule has 3 aromatic rings. The van der Waals surface area contributed by atoms with Crippen LogP contribution in [0.4, 0.5) is 0 Å². The van der Waals surface area contributed by atoms with Crippen molar-refractivity contribution in [2.75, 3.05) is 0 Å². The van der Waals surface area contributed by atoms with Crippen LogP contribution in [0.2, 0.25) is 5.02 Å². The molecule has 1 fully saturated rings. The third-order valence-corrected chi connectivity index (χ3v) is 8.16. The number of pyridine rings is 1.